The molecule has 1 aromatic carbocycles. The minimum absolute atomic E-state index is 0.133. The van der Waals surface area contributed by atoms with Gasteiger partial charge in [-0.25, -0.2) is 0 Å². The lowest BCUT2D eigenvalue weighted by atomic mass is 10.1. The maximum atomic E-state index is 12.2. The zero-order chi connectivity index (χ0) is 15.9. The van der Waals surface area contributed by atoms with Gasteiger partial charge in [-0.15, -0.1) is 0 Å². The normalized spacial score (nSPS) is 16.1. The first-order chi connectivity index (χ1) is 10.6. The number of benzene rings is 1. The summed E-state index contributed by atoms with van der Waals surface area (Å²) in [5, 5.41) is 10.9. The van der Waals surface area contributed by atoms with Gasteiger partial charge >= 0.3 is 0 Å². The fraction of sp³-hybridized carbons (Fsp3) is 0.438. The second-order valence-corrected chi connectivity index (χ2v) is 5.33. The fourth-order valence-electron chi connectivity index (χ4n) is 2.56. The molecule has 1 fully saturated rings. The second-order valence-electron chi connectivity index (χ2n) is 5.33. The van der Waals surface area contributed by atoms with Crippen LogP contribution in [0.4, 0.5) is 5.69 Å². The number of para-hydroxylation sites is 1. The average Bonchev–Trinajstić information content (AvgIpc) is 2.54. The molecule has 1 aliphatic rings. The summed E-state index contributed by atoms with van der Waals surface area (Å²) in [5.74, 6) is -0.330. The number of piperazine rings is 1. The molecule has 0 spiro atoms. The largest absolute Gasteiger partial charge is 0.375 e. The number of hydrogen-bond acceptors (Lipinski definition) is 5. The van der Waals surface area contributed by atoms with Crippen molar-refractivity contribution in [2.24, 2.45) is 0 Å². The van der Waals surface area contributed by atoms with Crippen LogP contribution in [0.25, 0.3) is 0 Å². The standard InChI is InChI=1S/C16H21N3O3/c1-2-8-17-10-12-18(13-11-17)9-7-16(20)14-5-3-4-6-15(14)19(21)22/h3-7,9H,2,8,10-13H2,1H3. The highest BCUT2D eigenvalue weighted by atomic mass is 16.6. The van der Waals surface area contributed by atoms with Gasteiger partial charge in [0, 0.05) is 44.5 Å². The lowest BCUT2D eigenvalue weighted by molar-refractivity contribution is -0.385. The topological polar surface area (TPSA) is 66.7 Å². The van der Waals surface area contributed by atoms with E-state index in [4.69, 9.17) is 0 Å². The molecule has 0 saturated carbocycles. The number of carbonyl (C=O) groups is 1. The molecule has 1 aliphatic heterocycles. The SMILES string of the molecule is CCCN1CCN(C=CC(=O)c2ccccc2[N+](=O)[O-])CC1. The highest BCUT2D eigenvalue weighted by Crippen LogP contribution is 2.18. The van der Waals surface area contributed by atoms with E-state index >= 15 is 0 Å². The molecular weight excluding hydrogens is 282 g/mol. The third-order valence-electron chi connectivity index (χ3n) is 3.75. The quantitative estimate of drug-likeness (QED) is 0.349. The highest BCUT2D eigenvalue weighted by molar-refractivity contribution is 6.07. The van der Waals surface area contributed by atoms with Crippen LogP contribution in [0.1, 0.15) is 23.7 Å². The molecule has 0 unspecified atom stereocenters. The summed E-state index contributed by atoms with van der Waals surface area (Å²) >= 11 is 0. The number of ketones is 1. The Bertz CT molecular complexity index is 564. The number of rotatable bonds is 6. The smallest absolute Gasteiger partial charge is 0.280 e. The van der Waals surface area contributed by atoms with Crippen LogP contribution in [0, 0.1) is 10.1 Å². The average molecular weight is 303 g/mol. The molecule has 0 atom stereocenters. The van der Waals surface area contributed by atoms with E-state index < -0.39 is 4.92 Å². The predicted molar refractivity (Wildman–Crippen MR) is 84.9 cm³/mol. The van der Waals surface area contributed by atoms with Crippen molar-refractivity contribution in [3.63, 3.8) is 0 Å². The van der Waals surface area contributed by atoms with Crippen molar-refractivity contribution in [2.45, 2.75) is 13.3 Å². The summed E-state index contributed by atoms with van der Waals surface area (Å²) < 4.78 is 0. The summed E-state index contributed by atoms with van der Waals surface area (Å²) in [6.45, 7) is 6.99. The number of nitro groups is 1. The van der Waals surface area contributed by atoms with Crippen LogP contribution < -0.4 is 0 Å². The van der Waals surface area contributed by atoms with Crippen LogP contribution in [0.5, 0.6) is 0 Å². The number of allylic oxidation sites excluding steroid dienone is 1. The Morgan fingerprint density at radius 3 is 2.59 bits per heavy atom. The van der Waals surface area contributed by atoms with Crippen molar-refractivity contribution < 1.29 is 9.72 Å². The zero-order valence-corrected chi connectivity index (χ0v) is 12.8. The van der Waals surface area contributed by atoms with Crippen LogP contribution in [0.3, 0.4) is 0 Å². The van der Waals surface area contributed by atoms with Gasteiger partial charge in [0.1, 0.15) is 0 Å². The Hall–Kier alpha value is -2.21. The van der Waals surface area contributed by atoms with Crippen molar-refractivity contribution >= 4 is 11.5 Å². The van der Waals surface area contributed by atoms with E-state index in [9.17, 15) is 14.9 Å². The van der Waals surface area contributed by atoms with E-state index in [1.165, 1.54) is 18.2 Å². The van der Waals surface area contributed by atoms with E-state index in [0.29, 0.717) is 0 Å². The van der Waals surface area contributed by atoms with Gasteiger partial charge in [-0.3, -0.25) is 19.8 Å². The van der Waals surface area contributed by atoms with Gasteiger partial charge in [0.15, 0.2) is 5.78 Å². The Balaban J connectivity index is 1.97. The maximum Gasteiger partial charge on any atom is 0.280 e. The Morgan fingerprint density at radius 2 is 1.95 bits per heavy atom. The number of hydrogen-bond donors (Lipinski definition) is 0. The molecule has 0 N–H and O–H groups in total. The molecule has 0 radical (unpaired) electrons. The minimum atomic E-state index is -0.523. The fourth-order valence-corrected chi connectivity index (χ4v) is 2.56. The molecule has 1 saturated heterocycles. The van der Waals surface area contributed by atoms with Crippen molar-refractivity contribution in [1.82, 2.24) is 9.80 Å². The molecule has 0 amide bonds. The molecule has 6 nitrogen and oxygen atoms in total. The first-order valence-corrected chi connectivity index (χ1v) is 7.54. The first-order valence-electron chi connectivity index (χ1n) is 7.54. The van der Waals surface area contributed by atoms with Crippen molar-refractivity contribution in [2.75, 3.05) is 32.7 Å². The number of carbonyl (C=O) groups excluding carboxylic acids is 1. The molecule has 1 heterocycles. The van der Waals surface area contributed by atoms with Gasteiger partial charge in [0.05, 0.1) is 10.5 Å². The van der Waals surface area contributed by atoms with E-state index in [2.05, 4.69) is 16.7 Å². The number of nitro benzene ring substituents is 1. The Kier molecular flexibility index (Phi) is 5.66. The monoisotopic (exact) mass is 303 g/mol. The van der Waals surface area contributed by atoms with Gasteiger partial charge in [-0.2, -0.15) is 0 Å². The van der Waals surface area contributed by atoms with E-state index in [0.717, 1.165) is 39.1 Å². The van der Waals surface area contributed by atoms with Crippen LogP contribution in [0.2, 0.25) is 0 Å². The van der Waals surface area contributed by atoms with Crippen LogP contribution >= 0.6 is 0 Å². The summed E-state index contributed by atoms with van der Waals surface area (Å²) in [7, 11) is 0. The van der Waals surface area contributed by atoms with Gasteiger partial charge in [0.25, 0.3) is 5.69 Å². The van der Waals surface area contributed by atoms with Crippen LogP contribution in [0.15, 0.2) is 36.5 Å². The van der Waals surface area contributed by atoms with Crippen molar-refractivity contribution in [3.05, 3.63) is 52.2 Å². The van der Waals surface area contributed by atoms with E-state index in [1.54, 1.807) is 18.3 Å². The maximum absolute atomic E-state index is 12.2. The molecule has 22 heavy (non-hydrogen) atoms. The summed E-state index contributed by atoms with van der Waals surface area (Å²) in [6, 6.07) is 6.04. The minimum Gasteiger partial charge on any atom is -0.375 e. The molecule has 1 aromatic rings. The molecular formula is C16H21N3O3. The molecule has 0 aromatic heterocycles. The summed E-state index contributed by atoms with van der Waals surface area (Å²) in [4.78, 5) is 27.1. The highest BCUT2D eigenvalue weighted by Gasteiger charge is 2.18. The lowest BCUT2D eigenvalue weighted by Crippen LogP contribution is -2.44. The van der Waals surface area contributed by atoms with Gasteiger partial charge in [-0.1, -0.05) is 19.1 Å². The van der Waals surface area contributed by atoms with Crippen LogP contribution in [-0.2, 0) is 0 Å². The van der Waals surface area contributed by atoms with Crippen molar-refractivity contribution in [1.29, 1.82) is 0 Å². The number of nitrogens with zero attached hydrogens (tertiary/aromatic N) is 3. The zero-order valence-electron chi connectivity index (χ0n) is 12.8. The van der Waals surface area contributed by atoms with Gasteiger partial charge in [0.2, 0.25) is 0 Å². The Morgan fingerprint density at radius 1 is 1.27 bits per heavy atom. The molecule has 0 bridgehead atoms. The van der Waals surface area contributed by atoms with Gasteiger partial charge < -0.3 is 4.90 Å². The third-order valence-corrected chi connectivity index (χ3v) is 3.75. The van der Waals surface area contributed by atoms with E-state index in [1.807, 2.05) is 0 Å². The van der Waals surface area contributed by atoms with Crippen LogP contribution in [-0.4, -0.2) is 53.2 Å². The molecule has 2 rings (SSSR count). The molecule has 6 heteroatoms. The first kappa shape index (κ1) is 16.2. The summed E-state index contributed by atoms with van der Waals surface area (Å²) in [6.07, 6.45) is 4.33. The Labute approximate surface area is 130 Å². The molecule has 0 aliphatic carbocycles. The molecule has 118 valence electrons. The third kappa shape index (κ3) is 4.14. The van der Waals surface area contributed by atoms with E-state index in [-0.39, 0.29) is 17.0 Å². The van der Waals surface area contributed by atoms with Crippen molar-refractivity contribution in [3.8, 4) is 0 Å². The predicted octanol–water partition coefficient (Wildman–Crippen LogP) is 2.32. The lowest BCUT2D eigenvalue weighted by Gasteiger charge is -2.33. The summed E-state index contributed by atoms with van der Waals surface area (Å²) in [5.41, 5.74) is -0.0155. The van der Waals surface area contributed by atoms with Gasteiger partial charge in [-0.05, 0) is 19.0 Å². The second kappa shape index (κ2) is 7.70.